The highest BCUT2D eigenvalue weighted by Gasteiger charge is 2.12. The summed E-state index contributed by atoms with van der Waals surface area (Å²) in [5.41, 5.74) is 1.33. The number of rotatable bonds is 4. The zero-order valence-electron chi connectivity index (χ0n) is 7.94. The van der Waals surface area contributed by atoms with E-state index >= 15 is 0 Å². The predicted octanol–water partition coefficient (Wildman–Crippen LogP) is 2.44. The molecular weight excluding hydrogens is 166 g/mol. The van der Waals surface area contributed by atoms with Crippen molar-refractivity contribution in [1.29, 1.82) is 0 Å². The molecule has 1 aliphatic heterocycles. The molecule has 1 rings (SSSR count). The molecule has 2 heteroatoms. The molecular formula is C10H19NS. The van der Waals surface area contributed by atoms with Gasteiger partial charge in [-0.1, -0.05) is 19.1 Å². The first-order valence-electron chi connectivity index (χ1n) is 4.80. The van der Waals surface area contributed by atoms with Gasteiger partial charge in [-0.25, -0.2) is 0 Å². The lowest BCUT2D eigenvalue weighted by Gasteiger charge is -2.22. The highest BCUT2D eigenvalue weighted by Crippen LogP contribution is 2.16. The Bertz CT molecular complexity index is 139. The summed E-state index contributed by atoms with van der Waals surface area (Å²) in [7, 11) is 0. The van der Waals surface area contributed by atoms with Gasteiger partial charge in [0.1, 0.15) is 0 Å². The van der Waals surface area contributed by atoms with Crippen LogP contribution in [-0.2, 0) is 0 Å². The molecule has 0 aromatic carbocycles. The van der Waals surface area contributed by atoms with Crippen molar-refractivity contribution in [3.05, 3.63) is 12.2 Å². The van der Waals surface area contributed by atoms with E-state index in [2.05, 4.69) is 30.6 Å². The predicted molar refractivity (Wildman–Crippen MR) is 57.8 cm³/mol. The summed E-state index contributed by atoms with van der Waals surface area (Å²) in [4.78, 5) is 0. The van der Waals surface area contributed by atoms with Crippen molar-refractivity contribution in [2.75, 3.05) is 18.1 Å². The van der Waals surface area contributed by atoms with Crippen molar-refractivity contribution < 1.29 is 0 Å². The molecule has 0 spiro atoms. The summed E-state index contributed by atoms with van der Waals surface area (Å²) >= 11 is 2.08. The molecule has 1 aliphatic rings. The van der Waals surface area contributed by atoms with Crippen LogP contribution in [0.25, 0.3) is 0 Å². The van der Waals surface area contributed by atoms with E-state index in [9.17, 15) is 0 Å². The van der Waals surface area contributed by atoms with Crippen LogP contribution in [0.5, 0.6) is 0 Å². The maximum Gasteiger partial charge on any atom is 0.0164 e. The van der Waals surface area contributed by atoms with Crippen molar-refractivity contribution in [3.63, 3.8) is 0 Å². The summed E-state index contributed by atoms with van der Waals surface area (Å²) in [6, 6.07) is 0.759. The summed E-state index contributed by atoms with van der Waals surface area (Å²) < 4.78 is 0. The molecule has 70 valence electrons. The maximum absolute atomic E-state index is 3.99. The third kappa shape index (κ3) is 3.63. The summed E-state index contributed by atoms with van der Waals surface area (Å²) in [5.74, 6) is 2.66. The van der Waals surface area contributed by atoms with E-state index in [0.29, 0.717) is 0 Å². The van der Waals surface area contributed by atoms with Crippen molar-refractivity contribution in [1.82, 2.24) is 5.32 Å². The second-order valence-corrected chi connectivity index (χ2v) is 4.60. The highest BCUT2D eigenvalue weighted by atomic mass is 32.2. The molecule has 0 atom stereocenters. The summed E-state index contributed by atoms with van der Waals surface area (Å²) in [6.45, 7) is 7.18. The minimum absolute atomic E-state index is 0.759. The minimum atomic E-state index is 0.759. The van der Waals surface area contributed by atoms with Crippen LogP contribution in [0.1, 0.15) is 26.2 Å². The molecule has 1 N–H and O–H groups in total. The molecule has 0 aromatic rings. The van der Waals surface area contributed by atoms with Gasteiger partial charge in [-0.05, 0) is 30.8 Å². The van der Waals surface area contributed by atoms with E-state index in [0.717, 1.165) is 19.0 Å². The quantitative estimate of drug-likeness (QED) is 0.675. The Morgan fingerprint density at radius 3 is 2.75 bits per heavy atom. The Kier molecular flexibility index (Phi) is 4.77. The Labute approximate surface area is 80.0 Å². The molecule has 0 amide bonds. The van der Waals surface area contributed by atoms with Gasteiger partial charge in [-0.2, -0.15) is 11.8 Å². The van der Waals surface area contributed by atoms with Gasteiger partial charge in [0.2, 0.25) is 0 Å². The monoisotopic (exact) mass is 185 g/mol. The van der Waals surface area contributed by atoms with Crippen molar-refractivity contribution in [3.8, 4) is 0 Å². The zero-order valence-corrected chi connectivity index (χ0v) is 8.75. The van der Waals surface area contributed by atoms with Crippen LogP contribution in [0.3, 0.4) is 0 Å². The summed E-state index contributed by atoms with van der Waals surface area (Å²) in [5, 5.41) is 3.56. The smallest absolute Gasteiger partial charge is 0.0164 e. The van der Waals surface area contributed by atoms with Crippen LogP contribution in [0.4, 0.5) is 0 Å². The van der Waals surface area contributed by atoms with E-state index in [1.54, 1.807) is 0 Å². The van der Waals surface area contributed by atoms with Gasteiger partial charge in [0.15, 0.2) is 0 Å². The number of thioether (sulfide) groups is 1. The van der Waals surface area contributed by atoms with Crippen LogP contribution < -0.4 is 5.32 Å². The Morgan fingerprint density at radius 2 is 2.17 bits per heavy atom. The molecule has 0 aliphatic carbocycles. The molecule has 1 nitrogen and oxygen atoms in total. The van der Waals surface area contributed by atoms with E-state index in [4.69, 9.17) is 0 Å². The van der Waals surface area contributed by atoms with Crippen LogP contribution in [0.2, 0.25) is 0 Å². The first kappa shape index (κ1) is 10.1. The largest absolute Gasteiger partial charge is 0.310 e. The molecule has 1 fully saturated rings. The lowest BCUT2D eigenvalue weighted by Crippen LogP contribution is -2.33. The van der Waals surface area contributed by atoms with Gasteiger partial charge in [0, 0.05) is 12.6 Å². The number of hydrogen-bond acceptors (Lipinski definition) is 2. The molecule has 0 unspecified atom stereocenters. The van der Waals surface area contributed by atoms with Crippen molar-refractivity contribution >= 4 is 11.8 Å². The SMILES string of the molecule is C=C(CC)CNC1CCSCC1. The molecule has 0 radical (unpaired) electrons. The maximum atomic E-state index is 3.99. The van der Waals surface area contributed by atoms with Crippen LogP contribution in [-0.4, -0.2) is 24.1 Å². The van der Waals surface area contributed by atoms with Crippen LogP contribution in [0.15, 0.2) is 12.2 Å². The lowest BCUT2D eigenvalue weighted by molar-refractivity contribution is 0.500. The fourth-order valence-electron chi connectivity index (χ4n) is 1.32. The average Bonchev–Trinajstić information content (AvgIpc) is 2.16. The standard InChI is InChI=1S/C10H19NS/c1-3-9(2)8-11-10-4-6-12-7-5-10/h10-11H,2-8H2,1H3. The van der Waals surface area contributed by atoms with Gasteiger partial charge in [-0.15, -0.1) is 0 Å². The van der Waals surface area contributed by atoms with Gasteiger partial charge in [0.25, 0.3) is 0 Å². The van der Waals surface area contributed by atoms with Gasteiger partial charge >= 0.3 is 0 Å². The second-order valence-electron chi connectivity index (χ2n) is 3.37. The fraction of sp³-hybridized carbons (Fsp3) is 0.800. The van der Waals surface area contributed by atoms with Crippen LogP contribution >= 0.6 is 11.8 Å². The first-order chi connectivity index (χ1) is 5.83. The normalized spacial score (nSPS) is 19.4. The average molecular weight is 185 g/mol. The van der Waals surface area contributed by atoms with Gasteiger partial charge in [0.05, 0.1) is 0 Å². The third-order valence-corrected chi connectivity index (χ3v) is 3.41. The Morgan fingerprint density at radius 1 is 1.50 bits per heavy atom. The molecule has 12 heavy (non-hydrogen) atoms. The Hall–Kier alpha value is 0.0500. The van der Waals surface area contributed by atoms with Gasteiger partial charge < -0.3 is 5.32 Å². The van der Waals surface area contributed by atoms with E-state index in [-0.39, 0.29) is 0 Å². The molecule has 1 saturated heterocycles. The Balaban J connectivity index is 2.09. The molecule has 0 bridgehead atoms. The van der Waals surface area contributed by atoms with Crippen molar-refractivity contribution in [2.45, 2.75) is 32.2 Å². The number of nitrogens with one attached hydrogen (secondary N) is 1. The summed E-state index contributed by atoms with van der Waals surface area (Å²) in [6.07, 6.45) is 3.78. The molecule has 1 heterocycles. The van der Waals surface area contributed by atoms with Crippen LogP contribution in [0, 0.1) is 0 Å². The molecule has 0 aromatic heterocycles. The fourth-order valence-corrected chi connectivity index (χ4v) is 2.42. The topological polar surface area (TPSA) is 12.0 Å². The van der Waals surface area contributed by atoms with E-state index in [1.807, 2.05) is 0 Å². The number of hydrogen-bond donors (Lipinski definition) is 1. The first-order valence-corrected chi connectivity index (χ1v) is 5.96. The van der Waals surface area contributed by atoms with Crippen molar-refractivity contribution in [2.24, 2.45) is 0 Å². The molecule has 0 saturated carbocycles. The van der Waals surface area contributed by atoms with E-state index in [1.165, 1.54) is 29.9 Å². The lowest BCUT2D eigenvalue weighted by atomic mass is 10.1. The minimum Gasteiger partial charge on any atom is -0.310 e. The highest BCUT2D eigenvalue weighted by molar-refractivity contribution is 7.99. The third-order valence-electron chi connectivity index (χ3n) is 2.36. The van der Waals surface area contributed by atoms with E-state index < -0.39 is 0 Å². The second kappa shape index (κ2) is 5.65. The van der Waals surface area contributed by atoms with Gasteiger partial charge in [-0.3, -0.25) is 0 Å². The zero-order chi connectivity index (χ0) is 8.81.